The van der Waals surface area contributed by atoms with Gasteiger partial charge in [0.15, 0.2) is 0 Å². The van der Waals surface area contributed by atoms with Gasteiger partial charge in [0, 0.05) is 31.5 Å². The third-order valence-electron chi connectivity index (χ3n) is 5.14. The molecule has 1 saturated carbocycles. The maximum absolute atomic E-state index is 5.24. The van der Waals surface area contributed by atoms with E-state index in [2.05, 4.69) is 36.1 Å². The largest absolute Gasteiger partial charge is 0.497 e. The molecular formula is C16H23NO2. The van der Waals surface area contributed by atoms with E-state index in [4.69, 9.17) is 9.47 Å². The van der Waals surface area contributed by atoms with E-state index < -0.39 is 0 Å². The molecule has 1 aromatic carbocycles. The highest BCUT2D eigenvalue weighted by atomic mass is 16.5. The molecule has 2 fully saturated rings. The van der Waals surface area contributed by atoms with Crippen molar-refractivity contribution in [3.8, 4) is 5.75 Å². The van der Waals surface area contributed by atoms with Crippen LogP contribution in [0.15, 0.2) is 24.3 Å². The number of nitrogens with zero attached hydrogens (tertiary/aromatic N) is 1. The van der Waals surface area contributed by atoms with Gasteiger partial charge in [-0.1, -0.05) is 0 Å². The minimum Gasteiger partial charge on any atom is -0.497 e. The average Bonchev–Trinajstić information content (AvgIpc) is 2.84. The molecule has 0 radical (unpaired) electrons. The summed E-state index contributed by atoms with van der Waals surface area (Å²) in [5, 5.41) is 0. The molecule has 3 heteroatoms. The van der Waals surface area contributed by atoms with E-state index in [0.717, 1.165) is 24.2 Å². The standard InChI is InChI=1S/C16H23NO2/c1-16-14(15(16)9-11-18-2)8-10-17(16)12-4-6-13(19-3)7-5-12/h4-7,14-15H,8-11H2,1-3H3/t14-,15?,16-/m0/s1. The first-order valence-electron chi connectivity index (χ1n) is 7.12. The van der Waals surface area contributed by atoms with Crippen molar-refractivity contribution in [2.75, 3.05) is 32.3 Å². The quantitative estimate of drug-likeness (QED) is 0.813. The molecule has 0 amide bonds. The van der Waals surface area contributed by atoms with Gasteiger partial charge >= 0.3 is 0 Å². The van der Waals surface area contributed by atoms with Crippen LogP contribution in [0.25, 0.3) is 0 Å². The van der Waals surface area contributed by atoms with Crippen LogP contribution in [0.4, 0.5) is 5.69 Å². The van der Waals surface area contributed by atoms with Gasteiger partial charge in [0.25, 0.3) is 0 Å². The average molecular weight is 261 g/mol. The number of hydrogen-bond donors (Lipinski definition) is 0. The summed E-state index contributed by atoms with van der Waals surface area (Å²) in [6, 6.07) is 8.47. The molecule has 3 atom stereocenters. The maximum Gasteiger partial charge on any atom is 0.119 e. The molecule has 0 N–H and O–H groups in total. The Hall–Kier alpha value is -1.22. The van der Waals surface area contributed by atoms with E-state index in [1.54, 1.807) is 14.2 Å². The molecule has 19 heavy (non-hydrogen) atoms. The molecular weight excluding hydrogens is 238 g/mol. The second kappa shape index (κ2) is 4.71. The third kappa shape index (κ3) is 1.91. The molecule has 1 aliphatic heterocycles. The summed E-state index contributed by atoms with van der Waals surface area (Å²) in [6.45, 7) is 4.47. The van der Waals surface area contributed by atoms with Gasteiger partial charge < -0.3 is 14.4 Å². The van der Waals surface area contributed by atoms with Crippen molar-refractivity contribution in [3.05, 3.63) is 24.3 Å². The lowest BCUT2D eigenvalue weighted by Gasteiger charge is -2.30. The molecule has 1 aliphatic carbocycles. The van der Waals surface area contributed by atoms with Crippen LogP contribution < -0.4 is 9.64 Å². The predicted molar refractivity (Wildman–Crippen MR) is 76.8 cm³/mol. The first-order valence-corrected chi connectivity index (χ1v) is 7.12. The number of methoxy groups -OCH3 is 2. The second-order valence-electron chi connectivity index (χ2n) is 5.86. The Balaban J connectivity index is 1.74. The summed E-state index contributed by atoms with van der Waals surface area (Å²) in [6.07, 6.45) is 2.50. The van der Waals surface area contributed by atoms with Crippen LogP contribution in [0.1, 0.15) is 19.8 Å². The van der Waals surface area contributed by atoms with E-state index in [1.165, 1.54) is 25.1 Å². The first kappa shape index (κ1) is 12.8. The monoisotopic (exact) mass is 261 g/mol. The highest BCUT2D eigenvalue weighted by Crippen LogP contribution is 2.63. The maximum atomic E-state index is 5.24. The van der Waals surface area contributed by atoms with E-state index in [9.17, 15) is 0 Å². The summed E-state index contributed by atoms with van der Waals surface area (Å²) < 4.78 is 10.5. The minimum absolute atomic E-state index is 0.354. The normalized spacial score (nSPS) is 32.3. The van der Waals surface area contributed by atoms with Gasteiger partial charge in [-0.2, -0.15) is 0 Å². The summed E-state index contributed by atoms with van der Waals surface area (Å²) in [7, 11) is 3.51. The molecule has 0 aromatic heterocycles. The van der Waals surface area contributed by atoms with Crippen LogP contribution in [-0.4, -0.2) is 32.9 Å². The van der Waals surface area contributed by atoms with Crippen molar-refractivity contribution in [2.24, 2.45) is 11.8 Å². The summed E-state index contributed by atoms with van der Waals surface area (Å²) in [5.74, 6) is 2.57. The zero-order chi connectivity index (χ0) is 13.5. The number of benzene rings is 1. The number of ether oxygens (including phenoxy) is 2. The SMILES string of the molecule is COCCC1[C@@H]2CCN(c3ccc(OC)cc3)[C@]12C. The van der Waals surface area contributed by atoms with Crippen molar-refractivity contribution in [2.45, 2.75) is 25.3 Å². The summed E-state index contributed by atoms with van der Waals surface area (Å²) >= 11 is 0. The van der Waals surface area contributed by atoms with Gasteiger partial charge in [-0.3, -0.25) is 0 Å². The number of fused-ring (bicyclic) bond motifs is 1. The Labute approximate surface area is 115 Å². The van der Waals surface area contributed by atoms with Gasteiger partial charge in [-0.15, -0.1) is 0 Å². The molecule has 1 aromatic rings. The summed E-state index contributed by atoms with van der Waals surface area (Å²) in [4.78, 5) is 2.58. The van der Waals surface area contributed by atoms with E-state index >= 15 is 0 Å². The van der Waals surface area contributed by atoms with E-state index in [0.29, 0.717) is 5.54 Å². The lowest BCUT2D eigenvalue weighted by Crippen LogP contribution is -2.34. The summed E-state index contributed by atoms with van der Waals surface area (Å²) in [5.41, 5.74) is 1.68. The first-order chi connectivity index (χ1) is 9.21. The number of piperidine rings is 1. The zero-order valence-corrected chi connectivity index (χ0v) is 12.1. The second-order valence-corrected chi connectivity index (χ2v) is 5.86. The Bertz CT molecular complexity index is 445. The Morgan fingerprint density at radius 3 is 2.63 bits per heavy atom. The number of hydrogen-bond acceptors (Lipinski definition) is 3. The fourth-order valence-corrected chi connectivity index (χ4v) is 3.99. The van der Waals surface area contributed by atoms with Crippen LogP contribution >= 0.6 is 0 Å². The van der Waals surface area contributed by atoms with Crippen LogP contribution in [-0.2, 0) is 4.74 Å². The molecule has 104 valence electrons. The van der Waals surface area contributed by atoms with Gasteiger partial charge in [-0.25, -0.2) is 0 Å². The Morgan fingerprint density at radius 1 is 1.26 bits per heavy atom. The van der Waals surface area contributed by atoms with Crippen LogP contribution in [0.3, 0.4) is 0 Å². The smallest absolute Gasteiger partial charge is 0.119 e. The Morgan fingerprint density at radius 2 is 2.00 bits per heavy atom. The highest BCUT2D eigenvalue weighted by Gasteiger charge is 2.66. The van der Waals surface area contributed by atoms with Crippen molar-refractivity contribution in [1.29, 1.82) is 0 Å². The van der Waals surface area contributed by atoms with Gasteiger partial charge in [-0.05, 0) is 55.9 Å². The molecule has 1 unspecified atom stereocenters. The van der Waals surface area contributed by atoms with Gasteiger partial charge in [0.05, 0.1) is 7.11 Å². The topological polar surface area (TPSA) is 21.7 Å². The van der Waals surface area contributed by atoms with Crippen LogP contribution in [0.2, 0.25) is 0 Å². The highest BCUT2D eigenvalue weighted by molar-refractivity contribution is 5.56. The third-order valence-corrected chi connectivity index (χ3v) is 5.14. The molecule has 0 spiro atoms. The molecule has 3 rings (SSSR count). The zero-order valence-electron chi connectivity index (χ0n) is 12.1. The lowest BCUT2D eigenvalue weighted by atomic mass is 10.1. The predicted octanol–water partition coefficient (Wildman–Crippen LogP) is 2.95. The van der Waals surface area contributed by atoms with Gasteiger partial charge in [0.2, 0.25) is 0 Å². The molecule has 3 nitrogen and oxygen atoms in total. The van der Waals surface area contributed by atoms with Crippen molar-refractivity contribution >= 4 is 5.69 Å². The Kier molecular flexibility index (Phi) is 3.17. The molecule has 1 heterocycles. The van der Waals surface area contributed by atoms with E-state index in [-0.39, 0.29) is 0 Å². The van der Waals surface area contributed by atoms with Crippen molar-refractivity contribution in [1.82, 2.24) is 0 Å². The van der Waals surface area contributed by atoms with Crippen molar-refractivity contribution < 1.29 is 9.47 Å². The molecule has 2 aliphatic rings. The van der Waals surface area contributed by atoms with Crippen LogP contribution in [0, 0.1) is 11.8 Å². The minimum atomic E-state index is 0.354. The van der Waals surface area contributed by atoms with E-state index in [1.807, 2.05) is 0 Å². The van der Waals surface area contributed by atoms with Gasteiger partial charge in [0.1, 0.15) is 5.75 Å². The lowest BCUT2D eigenvalue weighted by molar-refractivity contribution is 0.185. The number of anilines is 1. The van der Waals surface area contributed by atoms with Crippen LogP contribution in [0.5, 0.6) is 5.75 Å². The molecule has 0 bridgehead atoms. The molecule has 1 saturated heterocycles. The fourth-order valence-electron chi connectivity index (χ4n) is 3.99. The van der Waals surface area contributed by atoms with Crippen molar-refractivity contribution in [3.63, 3.8) is 0 Å². The fraction of sp³-hybridized carbons (Fsp3) is 0.625. The number of rotatable bonds is 5.